The molecule has 0 amide bonds. The van der Waals surface area contributed by atoms with Crippen LogP contribution >= 0.6 is 0 Å². The van der Waals surface area contributed by atoms with Crippen LogP contribution in [0.3, 0.4) is 0 Å². The Balaban J connectivity index is 2.31. The second-order valence-electron chi connectivity index (χ2n) is 4.73. The van der Waals surface area contributed by atoms with Crippen molar-refractivity contribution < 1.29 is 9.66 Å². The van der Waals surface area contributed by atoms with Gasteiger partial charge < -0.3 is 9.64 Å². The minimum atomic E-state index is -0.535. The fourth-order valence-corrected chi connectivity index (χ4v) is 2.36. The van der Waals surface area contributed by atoms with Crippen LogP contribution < -0.4 is 4.90 Å². The van der Waals surface area contributed by atoms with Gasteiger partial charge in [-0.15, -0.1) is 0 Å². The molecule has 1 aromatic rings. The summed E-state index contributed by atoms with van der Waals surface area (Å²) in [6.45, 7) is 5.40. The predicted molar refractivity (Wildman–Crippen MR) is 70.0 cm³/mol. The van der Waals surface area contributed by atoms with E-state index in [4.69, 9.17) is 10.00 Å². The van der Waals surface area contributed by atoms with Crippen molar-refractivity contribution in [1.29, 1.82) is 5.26 Å². The summed E-state index contributed by atoms with van der Waals surface area (Å²) < 4.78 is 5.64. The fourth-order valence-electron chi connectivity index (χ4n) is 2.36. The van der Waals surface area contributed by atoms with Gasteiger partial charge in [-0.05, 0) is 26.0 Å². The van der Waals surface area contributed by atoms with Crippen molar-refractivity contribution in [2.45, 2.75) is 26.1 Å². The Bertz CT molecular complexity index is 528. The second-order valence-corrected chi connectivity index (χ2v) is 4.73. The lowest BCUT2D eigenvalue weighted by molar-refractivity contribution is -0.385. The van der Waals surface area contributed by atoms with E-state index in [1.54, 1.807) is 12.1 Å². The van der Waals surface area contributed by atoms with Gasteiger partial charge in [0.15, 0.2) is 0 Å². The number of nitro benzene ring substituents is 1. The first-order valence-corrected chi connectivity index (χ1v) is 6.10. The van der Waals surface area contributed by atoms with E-state index in [0.29, 0.717) is 13.1 Å². The van der Waals surface area contributed by atoms with Crippen molar-refractivity contribution >= 4 is 11.4 Å². The first-order valence-electron chi connectivity index (χ1n) is 6.10. The summed E-state index contributed by atoms with van der Waals surface area (Å²) in [5.41, 5.74) is 0.763. The minimum Gasteiger partial charge on any atom is -0.372 e. The largest absolute Gasteiger partial charge is 0.372 e. The Hall–Kier alpha value is -2.13. The lowest BCUT2D eigenvalue weighted by Gasteiger charge is -2.36. The van der Waals surface area contributed by atoms with Gasteiger partial charge in [0.1, 0.15) is 11.6 Å². The van der Waals surface area contributed by atoms with Crippen LogP contribution in [-0.4, -0.2) is 30.2 Å². The standard InChI is InChI=1S/C13H15N3O3/c1-9-7-15(8-10(2)19-9)12-3-4-13(16(17)18)11(5-12)6-14/h3-5,9-10H,7-8H2,1-2H3/t9-,10+. The third-order valence-electron chi connectivity index (χ3n) is 3.08. The van der Waals surface area contributed by atoms with E-state index in [9.17, 15) is 10.1 Å². The number of morpholine rings is 1. The summed E-state index contributed by atoms with van der Waals surface area (Å²) >= 11 is 0. The van der Waals surface area contributed by atoms with E-state index in [1.807, 2.05) is 19.9 Å². The number of hydrogen-bond acceptors (Lipinski definition) is 5. The SMILES string of the molecule is C[C@@H]1CN(c2ccc([N+](=O)[O-])c(C#N)c2)C[C@H](C)O1. The number of rotatable bonds is 2. The van der Waals surface area contributed by atoms with Gasteiger partial charge in [0.05, 0.1) is 17.1 Å². The molecule has 0 unspecified atom stereocenters. The molecule has 6 heteroatoms. The number of nitrogens with zero attached hydrogens (tertiary/aromatic N) is 3. The van der Waals surface area contributed by atoms with E-state index >= 15 is 0 Å². The molecule has 1 heterocycles. The molecule has 0 aliphatic carbocycles. The molecule has 2 atom stereocenters. The summed E-state index contributed by atoms with van der Waals surface area (Å²) in [5.74, 6) is 0. The maximum Gasteiger partial charge on any atom is 0.287 e. The van der Waals surface area contributed by atoms with Crippen molar-refractivity contribution in [3.63, 3.8) is 0 Å². The highest BCUT2D eigenvalue weighted by molar-refractivity contribution is 5.60. The van der Waals surface area contributed by atoms with E-state index in [0.717, 1.165) is 5.69 Å². The number of nitro groups is 1. The molecular formula is C13H15N3O3. The zero-order valence-electron chi connectivity index (χ0n) is 10.9. The number of benzene rings is 1. The van der Waals surface area contributed by atoms with Gasteiger partial charge in [-0.1, -0.05) is 0 Å². The quantitative estimate of drug-likeness (QED) is 0.601. The maximum atomic E-state index is 10.8. The van der Waals surface area contributed by atoms with E-state index < -0.39 is 4.92 Å². The molecule has 2 rings (SSSR count). The zero-order chi connectivity index (χ0) is 14.0. The van der Waals surface area contributed by atoms with Crippen LogP contribution in [0, 0.1) is 21.4 Å². The maximum absolute atomic E-state index is 10.8. The molecule has 100 valence electrons. The highest BCUT2D eigenvalue weighted by Gasteiger charge is 2.24. The third-order valence-corrected chi connectivity index (χ3v) is 3.08. The van der Waals surface area contributed by atoms with E-state index in [-0.39, 0.29) is 23.5 Å². The molecule has 0 radical (unpaired) electrons. The Labute approximate surface area is 111 Å². The van der Waals surface area contributed by atoms with Gasteiger partial charge >= 0.3 is 0 Å². The predicted octanol–water partition coefficient (Wildman–Crippen LogP) is 2.08. The highest BCUT2D eigenvalue weighted by atomic mass is 16.6. The first kappa shape index (κ1) is 13.3. The normalized spacial score (nSPS) is 22.9. The molecule has 1 aliphatic rings. The van der Waals surface area contributed by atoms with E-state index in [2.05, 4.69) is 4.90 Å². The molecule has 0 saturated carbocycles. The molecule has 6 nitrogen and oxygen atoms in total. The summed E-state index contributed by atoms with van der Waals surface area (Å²) in [5, 5.41) is 19.8. The molecule has 1 saturated heterocycles. The van der Waals surface area contributed by atoms with Crippen LogP contribution in [0.2, 0.25) is 0 Å². The number of hydrogen-bond donors (Lipinski definition) is 0. The molecule has 1 aliphatic heterocycles. The molecular weight excluding hydrogens is 246 g/mol. The molecule has 19 heavy (non-hydrogen) atoms. The monoisotopic (exact) mass is 261 g/mol. The lowest BCUT2D eigenvalue weighted by Crippen LogP contribution is -2.45. The van der Waals surface area contributed by atoms with Crippen LogP contribution in [0.5, 0.6) is 0 Å². The second kappa shape index (κ2) is 5.24. The van der Waals surface area contributed by atoms with Crippen LogP contribution in [0.1, 0.15) is 19.4 Å². The van der Waals surface area contributed by atoms with Crippen molar-refractivity contribution in [1.82, 2.24) is 0 Å². The van der Waals surface area contributed by atoms with Crippen LogP contribution in [0.4, 0.5) is 11.4 Å². The summed E-state index contributed by atoms with van der Waals surface area (Å²) in [6.07, 6.45) is 0.203. The summed E-state index contributed by atoms with van der Waals surface area (Å²) in [4.78, 5) is 12.3. The van der Waals surface area contributed by atoms with Gasteiger partial charge in [-0.2, -0.15) is 5.26 Å². The highest BCUT2D eigenvalue weighted by Crippen LogP contribution is 2.26. The average molecular weight is 261 g/mol. The average Bonchev–Trinajstić information content (AvgIpc) is 2.36. The van der Waals surface area contributed by atoms with Crippen LogP contribution in [0.25, 0.3) is 0 Å². The molecule has 0 aromatic heterocycles. The molecule has 0 bridgehead atoms. The molecule has 0 spiro atoms. The fraction of sp³-hybridized carbons (Fsp3) is 0.462. The third kappa shape index (κ3) is 2.83. The van der Waals surface area contributed by atoms with Crippen LogP contribution in [0.15, 0.2) is 18.2 Å². The number of anilines is 1. The minimum absolute atomic E-state index is 0.0919. The number of nitriles is 1. The zero-order valence-corrected chi connectivity index (χ0v) is 10.9. The molecule has 1 aromatic carbocycles. The van der Waals surface area contributed by atoms with Gasteiger partial charge in [0.2, 0.25) is 0 Å². The van der Waals surface area contributed by atoms with Crippen molar-refractivity contribution in [2.75, 3.05) is 18.0 Å². The summed E-state index contributed by atoms with van der Waals surface area (Å²) in [7, 11) is 0. The molecule has 0 N–H and O–H groups in total. The Morgan fingerprint density at radius 1 is 1.42 bits per heavy atom. The van der Waals surface area contributed by atoms with Crippen molar-refractivity contribution in [3.05, 3.63) is 33.9 Å². The van der Waals surface area contributed by atoms with Gasteiger partial charge in [0, 0.05) is 24.8 Å². The Kier molecular flexibility index (Phi) is 3.67. The Morgan fingerprint density at radius 3 is 2.58 bits per heavy atom. The van der Waals surface area contributed by atoms with E-state index in [1.165, 1.54) is 6.07 Å². The smallest absolute Gasteiger partial charge is 0.287 e. The van der Waals surface area contributed by atoms with Crippen molar-refractivity contribution in [2.24, 2.45) is 0 Å². The molecule has 1 fully saturated rings. The number of ether oxygens (including phenoxy) is 1. The lowest BCUT2D eigenvalue weighted by atomic mass is 10.1. The van der Waals surface area contributed by atoms with Gasteiger partial charge in [-0.25, -0.2) is 0 Å². The first-order chi connectivity index (χ1) is 9.01. The Morgan fingerprint density at radius 2 is 2.05 bits per heavy atom. The van der Waals surface area contributed by atoms with Gasteiger partial charge in [-0.3, -0.25) is 10.1 Å². The van der Waals surface area contributed by atoms with Crippen LogP contribution in [-0.2, 0) is 4.74 Å². The summed E-state index contributed by atoms with van der Waals surface area (Å²) in [6, 6.07) is 6.52. The van der Waals surface area contributed by atoms with Gasteiger partial charge in [0.25, 0.3) is 5.69 Å². The van der Waals surface area contributed by atoms with Crippen molar-refractivity contribution in [3.8, 4) is 6.07 Å². The topological polar surface area (TPSA) is 79.4 Å².